The van der Waals surface area contributed by atoms with E-state index in [-0.39, 0.29) is 36.5 Å². The van der Waals surface area contributed by atoms with Gasteiger partial charge in [0.05, 0.1) is 18.8 Å². The maximum atomic E-state index is 12.8. The summed E-state index contributed by atoms with van der Waals surface area (Å²) in [5, 5.41) is 17.7. The topological polar surface area (TPSA) is 99.7 Å². The first-order chi connectivity index (χ1) is 12.5. The van der Waals surface area contributed by atoms with Gasteiger partial charge in [0.1, 0.15) is 11.9 Å². The van der Waals surface area contributed by atoms with E-state index >= 15 is 0 Å². The molecule has 1 fully saturated rings. The van der Waals surface area contributed by atoms with Crippen LogP contribution in [-0.4, -0.2) is 48.4 Å². The van der Waals surface area contributed by atoms with Gasteiger partial charge in [0.15, 0.2) is 0 Å². The Morgan fingerprint density at radius 3 is 2.65 bits per heavy atom. The summed E-state index contributed by atoms with van der Waals surface area (Å²) in [5.74, 6) is -0.424. The number of nitrogens with one attached hydrogen (secondary N) is 3. The van der Waals surface area contributed by atoms with E-state index < -0.39 is 6.10 Å². The number of aliphatic hydroxyl groups is 1. The summed E-state index contributed by atoms with van der Waals surface area (Å²) in [6, 6.07) is 4.95. The van der Waals surface area contributed by atoms with Gasteiger partial charge in [-0.3, -0.25) is 4.79 Å². The number of benzene rings is 1. The Kier molecular flexibility index (Phi) is 7.80. The summed E-state index contributed by atoms with van der Waals surface area (Å²) >= 11 is 0. The lowest BCUT2D eigenvalue weighted by Crippen LogP contribution is -2.51. The molecule has 1 aliphatic rings. The highest BCUT2D eigenvalue weighted by Gasteiger charge is 2.31. The average Bonchev–Trinajstić information content (AvgIpc) is 2.64. The molecule has 2 rings (SSSR count). The van der Waals surface area contributed by atoms with Gasteiger partial charge >= 0.3 is 6.03 Å². The Balaban J connectivity index is 1.70. The van der Waals surface area contributed by atoms with Gasteiger partial charge in [-0.1, -0.05) is 6.92 Å². The predicted molar refractivity (Wildman–Crippen MR) is 95.2 cm³/mol. The number of urea groups is 1. The molecule has 7 nitrogen and oxygen atoms in total. The van der Waals surface area contributed by atoms with Gasteiger partial charge in [-0.25, -0.2) is 9.18 Å². The van der Waals surface area contributed by atoms with Crippen LogP contribution in [0, 0.1) is 5.82 Å². The van der Waals surface area contributed by atoms with Gasteiger partial charge < -0.3 is 25.8 Å². The Hall–Kier alpha value is -2.19. The van der Waals surface area contributed by atoms with Crippen LogP contribution in [0.3, 0.4) is 0 Å². The predicted octanol–water partition coefficient (Wildman–Crippen LogP) is 1.77. The van der Waals surface area contributed by atoms with Gasteiger partial charge in [0.2, 0.25) is 5.91 Å². The molecule has 26 heavy (non-hydrogen) atoms. The van der Waals surface area contributed by atoms with Crippen molar-refractivity contribution in [3.8, 4) is 0 Å². The lowest BCUT2D eigenvalue weighted by atomic mass is 9.97. The molecule has 0 spiro atoms. The maximum absolute atomic E-state index is 12.8. The zero-order chi connectivity index (χ0) is 18.9. The minimum Gasteiger partial charge on any atom is -0.394 e. The van der Waals surface area contributed by atoms with Gasteiger partial charge in [0, 0.05) is 18.7 Å². The molecule has 3 atom stereocenters. The third-order valence-electron chi connectivity index (χ3n) is 4.32. The van der Waals surface area contributed by atoms with Crippen LogP contribution in [0.1, 0.15) is 32.6 Å². The lowest BCUT2D eigenvalue weighted by Gasteiger charge is -2.36. The van der Waals surface area contributed by atoms with E-state index in [0.29, 0.717) is 25.1 Å². The largest absolute Gasteiger partial charge is 0.394 e. The lowest BCUT2D eigenvalue weighted by molar-refractivity contribution is -0.128. The second-order valence-corrected chi connectivity index (χ2v) is 6.26. The number of hydrogen-bond acceptors (Lipinski definition) is 4. The van der Waals surface area contributed by atoms with E-state index in [4.69, 9.17) is 4.74 Å². The number of anilines is 1. The molecular weight excluding hydrogens is 341 g/mol. The number of rotatable bonds is 7. The fourth-order valence-corrected chi connectivity index (χ4v) is 2.87. The molecular formula is C18H26FN3O4. The molecule has 144 valence electrons. The monoisotopic (exact) mass is 367 g/mol. The van der Waals surface area contributed by atoms with Crippen LogP contribution < -0.4 is 16.0 Å². The second-order valence-electron chi connectivity index (χ2n) is 6.26. The van der Waals surface area contributed by atoms with Crippen LogP contribution in [0.4, 0.5) is 14.9 Å². The van der Waals surface area contributed by atoms with Crippen LogP contribution in [0.2, 0.25) is 0 Å². The first-order valence-corrected chi connectivity index (χ1v) is 8.88. The van der Waals surface area contributed by atoms with Crippen molar-refractivity contribution in [1.29, 1.82) is 0 Å². The number of halogens is 1. The van der Waals surface area contributed by atoms with Crippen molar-refractivity contribution in [1.82, 2.24) is 10.6 Å². The number of amides is 3. The first-order valence-electron chi connectivity index (χ1n) is 8.88. The van der Waals surface area contributed by atoms with Crippen molar-refractivity contribution >= 4 is 17.6 Å². The maximum Gasteiger partial charge on any atom is 0.319 e. The number of aliphatic hydroxyl groups excluding tert-OH is 1. The summed E-state index contributed by atoms with van der Waals surface area (Å²) < 4.78 is 18.7. The van der Waals surface area contributed by atoms with Crippen LogP contribution in [0.25, 0.3) is 0 Å². The normalized spacial score (nSPS) is 22.5. The minimum absolute atomic E-state index is 0.0605. The van der Waals surface area contributed by atoms with Crippen molar-refractivity contribution in [2.75, 3.05) is 18.5 Å². The summed E-state index contributed by atoms with van der Waals surface area (Å²) in [7, 11) is 0. The highest BCUT2D eigenvalue weighted by molar-refractivity contribution is 5.89. The van der Waals surface area contributed by atoms with Gasteiger partial charge in [-0.2, -0.15) is 0 Å². The number of carbonyl (C=O) groups excluding carboxylic acids is 2. The van der Waals surface area contributed by atoms with Gasteiger partial charge in [-0.05, 0) is 43.5 Å². The molecule has 0 saturated carbocycles. The number of ether oxygens (including phenoxy) is 1. The Morgan fingerprint density at radius 2 is 2.00 bits per heavy atom. The molecule has 3 amide bonds. The van der Waals surface area contributed by atoms with E-state index in [1.54, 1.807) is 6.92 Å². The summed E-state index contributed by atoms with van der Waals surface area (Å²) in [4.78, 5) is 23.3. The van der Waals surface area contributed by atoms with E-state index in [1.807, 2.05) is 0 Å². The SMILES string of the molecule is CCC(=O)N[C@H]1CC[C@@H](CCNC(=O)Nc2ccc(F)cc2)O[C@H]1CO. The highest BCUT2D eigenvalue weighted by Crippen LogP contribution is 2.21. The Labute approximate surface area is 152 Å². The molecule has 1 saturated heterocycles. The quantitative estimate of drug-likeness (QED) is 0.590. The molecule has 1 aromatic rings. The zero-order valence-corrected chi connectivity index (χ0v) is 14.8. The molecule has 1 heterocycles. The van der Waals surface area contributed by atoms with Gasteiger partial charge in [-0.15, -0.1) is 0 Å². The summed E-state index contributed by atoms with van der Waals surface area (Å²) in [6.07, 6.45) is 1.94. The molecule has 0 bridgehead atoms. The number of hydrogen-bond donors (Lipinski definition) is 4. The van der Waals surface area contributed by atoms with E-state index in [0.717, 1.165) is 12.8 Å². The average molecular weight is 367 g/mol. The van der Waals surface area contributed by atoms with E-state index in [2.05, 4.69) is 16.0 Å². The van der Waals surface area contributed by atoms with Crippen LogP contribution >= 0.6 is 0 Å². The summed E-state index contributed by atoms with van der Waals surface area (Å²) in [5.41, 5.74) is 0.507. The molecule has 4 N–H and O–H groups in total. The molecule has 0 aromatic heterocycles. The molecule has 1 aromatic carbocycles. The van der Waals surface area contributed by atoms with Crippen molar-refractivity contribution in [2.45, 2.75) is 50.9 Å². The fraction of sp³-hybridized carbons (Fsp3) is 0.556. The minimum atomic E-state index is -0.433. The van der Waals surface area contributed by atoms with Crippen molar-refractivity contribution in [3.05, 3.63) is 30.1 Å². The van der Waals surface area contributed by atoms with Crippen LogP contribution in [0.15, 0.2) is 24.3 Å². The smallest absolute Gasteiger partial charge is 0.319 e. The third-order valence-corrected chi connectivity index (χ3v) is 4.32. The molecule has 1 aliphatic heterocycles. The zero-order valence-electron chi connectivity index (χ0n) is 14.8. The number of carbonyl (C=O) groups is 2. The van der Waals surface area contributed by atoms with Crippen molar-refractivity contribution in [2.24, 2.45) is 0 Å². The Bertz CT molecular complexity index is 597. The Morgan fingerprint density at radius 1 is 1.27 bits per heavy atom. The van der Waals surface area contributed by atoms with E-state index in [1.165, 1.54) is 24.3 Å². The van der Waals surface area contributed by atoms with Crippen LogP contribution in [0.5, 0.6) is 0 Å². The molecule has 8 heteroatoms. The molecule has 0 aliphatic carbocycles. The second kappa shape index (κ2) is 10.1. The molecule has 0 radical (unpaired) electrons. The first kappa shape index (κ1) is 20.1. The summed E-state index contributed by atoms with van der Waals surface area (Å²) in [6.45, 7) is 2.02. The fourth-order valence-electron chi connectivity index (χ4n) is 2.87. The van der Waals surface area contributed by atoms with E-state index in [9.17, 15) is 19.1 Å². The van der Waals surface area contributed by atoms with Crippen molar-refractivity contribution < 1.29 is 23.8 Å². The molecule has 0 unspecified atom stereocenters. The van der Waals surface area contributed by atoms with Crippen LogP contribution in [-0.2, 0) is 9.53 Å². The highest BCUT2D eigenvalue weighted by atomic mass is 19.1. The van der Waals surface area contributed by atoms with Gasteiger partial charge in [0.25, 0.3) is 0 Å². The van der Waals surface area contributed by atoms with Crippen molar-refractivity contribution in [3.63, 3.8) is 0 Å². The third kappa shape index (κ3) is 6.27. The standard InChI is InChI=1S/C18H26FN3O4/c1-2-17(24)22-15-8-7-14(26-16(15)11-23)9-10-20-18(25)21-13-5-3-12(19)4-6-13/h3-6,14-16,23H,2,7-11H2,1H3,(H,22,24)(H2,20,21,25)/t14-,15-,16-/m0/s1.